The lowest BCUT2D eigenvalue weighted by Gasteiger charge is -2.32. The van der Waals surface area contributed by atoms with E-state index in [2.05, 4.69) is 39.6 Å². The Morgan fingerprint density at radius 3 is 3.00 bits per heavy atom. The molecule has 35 heavy (non-hydrogen) atoms. The highest BCUT2D eigenvalue weighted by molar-refractivity contribution is 7.98. The summed E-state index contributed by atoms with van der Waals surface area (Å²) in [6.45, 7) is 2.10. The molecule has 1 fully saturated rings. The highest BCUT2D eigenvalue weighted by atomic mass is 35.5. The molecule has 4 heterocycles. The van der Waals surface area contributed by atoms with E-state index in [1.165, 1.54) is 27.2 Å². The molecule has 6 nitrogen and oxygen atoms in total. The second kappa shape index (κ2) is 10.9. The number of halogens is 1. The van der Waals surface area contributed by atoms with Gasteiger partial charge in [0.15, 0.2) is 6.19 Å². The summed E-state index contributed by atoms with van der Waals surface area (Å²) in [5.74, 6) is 1.50. The summed E-state index contributed by atoms with van der Waals surface area (Å²) in [6.07, 6.45) is 14.1. The third kappa shape index (κ3) is 5.34. The van der Waals surface area contributed by atoms with Gasteiger partial charge >= 0.3 is 0 Å². The number of likely N-dealkylation sites (tertiary alicyclic amines) is 1. The molecule has 0 aliphatic carbocycles. The first kappa shape index (κ1) is 23.4. The van der Waals surface area contributed by atoms with Crippen molar-refractivity contribution in [2.24, 2.45) is 9.98 Å². The molecule has 0 radical (unpaired) electrons. The molecule has 3 aliphatic rings. The van der Waals surface area contributed by atoms with E-state index in [0.717, 1.165) is 54.4 Å². The maximum absolute atomic E-state index is 9.33. The number of pyridine rings is 1. The number of nitriles is 1. The number of piperidine rings is 1. The van der Waals surface area contributed by atoms with Crippen molar-refractivity contribution >= 4 is 41.1 Å². The lowest BCUT2D eigenvalue weighted by Crippen LogP contribution is -2.43. The van der Waals surface area contributed by atoms with Gasteiger partial charge < -0.3 is 4.90 Å². The van der Waals surface area contributed by atoms with E-state index in [0.29, 0.717) is 12.5 Å². The highest BCUT2D eigenvalue weighted by Crippen LogP contribution is 2.43. The summed E-state index contributed by atoms with van der Waals surface area (Å²) in [7, 11) is 0. The average molecular weight is 501 g/mol. The largest absolute Gasteiger partial charge is 0.342 e. The standard InChI is InChI=1S/C27H25ClN6S/c28-22-5-6-23-24(15-22)35-17-21-4-2-11-31-26(21)25(23)20-8-13-34(14-9-20)27(33-18-29)32-16-19-3-1-10-30-12-7-19/h1-2,4-7,10-12,15H,3,8-9,13-14,16-17H2,(H,32,33). The van der Waals surface area contributed by atoms with Gasteiger partial charge in [0.2, 0.25) is 5.96 Å². The molecule has 5 rings (SSSR count). The Balaban J connectivity index is 1.42. The number of hydrogen-bond donors (Lipinski definition) is 1. The van der Waals surface area contributed by atoms with Gasteiger partial charge in [-0.1, -0.05) is 35.4 Å². The number of guanidine groups is 1. The summed E-state index contributed by atoms with van der Waals surface area (Å²) in [6, 6.07) is 10.3. The fraction of sp³-hybridized carbons (Fsp3) is 0.259. The van der Waals surface area contributed by atoms with Crippen LogP contribution >= 0.6 is 23.4 Å². The van der Waals surface area contributed by atoms with Crippen LogP contribution in [0, 0.1) is 11.5 Å². The Labute approximate surface area is 214 Å². The number of thioether (sulfide) groups is 1. The van der Waals surface area contributed by atoms with Crippen LogP contribution in [0.4, 0.5) is 0 Å². The first-order valence-corrected chi connectivity index (χ1v) is 13.0. The lowest BCUT2D eigenvalue weighted by molar-refractivity contribution is 0.379. The second-order valence-electron chi connectivity index (χ2n) is 8.49. The fourth-order valence-electron chi connectivity index (χ4n) is 4.58. The number of rotatable bonds is 2. The smallest absolute Gasteiger partial charge is 0.207 e. The van der Waals surface area contributed by atoms with Crippen molar-refractivity contribution in [2.75, 3.05) is 19.6 Å². The first-order chi connectivity index (χ1) is 17.2. The molecule has 1 N–H and O–H groups in total. The summed E-state index contributed by atoms with van der Waals surface area (Å²) >= 11 is 8.15. The van der Waals surface area contributed by atoms with Gasteiger partial charge in [-0.05, 0) is 60.2 Å². The number of fused-ring (bicyclic) bond motifs is 2. The molecule has 2 aromatic rings. The quantitative estimate of drug-likeness (QED) is 0.252. The normalized spacial score (nSPS) is 17.7. The Hall–Kier alpha value is -3.34. The fourth-order valence-corrected chi connectivity index (χ4v) is 5.89. The predicted molar refractivity (Wildman–Crippen MR) is 143 cm³/mol. The summed E-state index contributed by atoms with van der Waals surface area (Å²) in [4.78, 5) is 17.1. The predicted octanol–water partition coefficient (Wildman–Crippen LogP) is 5.58. The van der Waals surface area contributed by atoms with Crippen LogP contribution in [-0.4, -0.2) is 41.7 Å². The number of allylic oxidation sites excluding steroid dienone is 2. The van der Waals surface area contributed by atoms with Gasteiger partial charge in [-0.3, -0.25) is 15.3 Å². The maximum atomic E-state index is 9.33. The topological polar surface area (TPSA) is 76.7 Å². The van der Waals surface area contributed by atoms with Crippen molar-refractivity contribution in [1.82, 2.24) is 15.2 Å². The van der Waals surface area contributed by atoms with E-state index in [9.17, 15) is 5.26 Å². The molecule has 1 aromatic carbocycles. The minimum atomic E-state index is 0.535. The molecule has 176 valence electrons. The molecule has 0 saturated carbocycles. The summed E-state index contributed by atoms with van der Waals surface area (Å²) in [5.41, 5.74) is 7.31. The zero-order chi connectivity index (χ0) is 24.0. The molecule has 0 unspecified atom stereocenters. The Morgan fingerprint density at radius 2 is 2.14 bits per heavy atom. The molecule has 0 amide bonds. The van der Waals surface area contributed by atoms with E-state index >= 15 is 0 Å². The van der Waals surface area contributed by atoms with Crippen LogP contribution in [0.1, 0.15) is 36.1 Å². The van der Waals surface area contributed by atoms with Gasteiger partial charge in [0.05, 0.1) is 12.2 Å². The molecule has 1 saturated heterocycles. The van der Waals surface area contributed by atoms with Crippen LogP contribution in [0.15, 0.2) is 80.9 Å². The molecular formula is C27H25ClN6S. The molecule has 0 bridgehead atoms. The van der Waals surface area contributed by atoms with E-state index in [-0.39, 0.29) is 0 Å². The Morgan fingerprint density at radius 1 is 1.26 bits per heavy atom. The van der Waals surface area contributed by atoms with E-state index in [4.69, 9.17) is 21.6 Å². The number of hydrogen-bond acceptors (Lipinski definition) is 5. The minimum Gasteiger partial charge on any atom is -0.342 e. The molecule has 0 atom stereocenters. The molecule has 8 heteroatoms. The van der Waals surface area contributed by atoms with Crippen molar-refractivity contribution in [1.29, 1.82) is 5.26 Å². The van der Waals surface area contributed by atoms with Crippen LogP contribution in [-0.2, 0) is 5.75 Å². The number of aromatic nitrogens is 1. The first-order valence-electron chi connectivity index (χ1n) is 11.6. The van der Waals surface area contributed by atoms with Crippen molar-refractivity contribution in [3.05, 3.63) is 87.9 Å². The molecule has 1 aromatic heterocycles. The van der Waals surface area contributed by atoms with E-state index in [1.54, 1.807) is 12.4 Å². The maximum Gasteiger partial charge on any atom is 0.207 e. The zero-order valence-corrected chi connectivity index (χ0v) is 20.8. The van der Waals surface area contributed by atoms with Crippen molar-refractivity contribution in [3.8, 4) is 6.19 Å². The lowest BCUT2D eigenvalue weighted by atomic mass is 9.89. The van der Waals surface area contributed by atoms with Crippen LogP contribution in [0.3, 0.4) is 0 Å². The number of aliphatic imine (C=N–C) groups is 2. The molecule has 3 aliphatic heterocycles. The average Bonchev–Trinajstić information content (AvgIpc) is 3.24. The van der Waals surface area contributed by atoms with E-state index < -0.39 is 0 Å². The van der Waals surface area contributed by atoms with Crippen molar-refractivity contribution in [3.63, 3.8) is 0 Å². The van der Waals surface area contributed by atoms with Gasteiger partial charge in [-0.2, -0.15) is 5.26 Å². The zero-order valence-electron chi connectivity index (χ0n) is 19.2. The van der Waals surface area contributed by atoms with Crippen LogP contribution in [0.25, 0.3) is 5.57 Å². The third-order valence-corrected chi connectivity index (χ3v) is 7.65. The number of nitrogens with zero attached hydrogens (tertiary/aromatic N) is 5. The minimum absolute atomic E-state index is 0.535. The Bertz CT molecular complexity index is 1310. The van der Waals surface area contributed by atoms with Crippen molar-refractivity contribution in [2.45, 2.75) is 29.9 Å². The van der Waals surface area contributed by atoms with Gasteiger partial charge in [0, 0.05) is 52.9 Å². The van der Waals surface area contributed by atoms with Crippen LogP contribution in [0.5, 0.6) is 0 Å². The van der Waals surface area contributed by atoms with Gasteiger partial charge in [0.25, 0.3) is 0 Å². The van der Waals surface area contributed by atoms with Crippen LogP contribution in [0.2, 0.25) is 5.02 Å². The SMILES string of the molecule is N#CNC(=NCC1=CC=NC=CC1)N1CCC(=C2c3ccc(Cl)cc3SCc3cccnc32)CC1. The van der Waals surface area contributed by atoms with Gasteiger partial charge in [-0.15, -0.1) is 11.8 Å². The van der Waals surface area contributed by atoms with E-state index in [1.807, 2.05) is 42.2 Å². The van der Waals surface area contributed by atoms with Gasteiger partial charge in [0.1, 0.15) is 0 Å². The van der Waals surface area contributed by atoms with Crippen molar-refractivity contribution < 1.29 is 0 Å². The highest BCUT2D eigenvalue weighted by Gasteiger charge is 2.26. The van der Waals surface area contributed by atoms with Crippen LogP contribution < -0.4 is 5.32 Å². The number of nitrogens with one attached hydrogen (secondary N) is 1. The Kier molecular flexibility index (Phi) is 7.31. The van der Waals surface area contributed by atoms with Gasteiger partial charge in [-0.25, -0.2) is 4.99 Å². The summed E-state index contributed by atoms with van der Waals surface area (Å²) < 4.78 is 0. The molecular weight excluding hydrogens is 476 g/mol. The monoisotopic (exact) mass is 500 g/mol. The third-order valence-electron chi connectivity index (χ3n) is 6.31. The summed E-state index contributed by atoms with van der Waals surface area (Å²) in [5, 5.41) is 12.9. The number of benzene rings is 1. The second-order valence-corrected chi connectivity index (χ2v) is 9.95. The molecule has 0 spiro atoms.